The fourth-order valence-electron chi connectivity index (χ4n) is 3.55. The maximum Gasteiger partial charge on any atom is 0.410 e. The second kappa shape index (κ2) is 9.22. The molecule has 0 fully saturated rings. The van der Waals surface area contributed by atoms with Gasteiger partial charge in [0.2, 0.25) is 0 Å². The fourth-order valence-corrected chi connectivity index (χ4v) is 3.55. The van der Waals surface area contributed by atoms with Crippen LogP contribution in [0.3, 0.4) is 0 Å². The molecule has 1 aliphatic rings. The SMILES string of the molecule is CC(Oc1ccc(C(C)C)cc1)C(=O)Nc1c2c(nn1C)CCN(C(=O)OC(C)(C)C)C2. The third-order valence-electron chi connectivity index (χ3n) is 5.32. The molecule has 0 spiro atoms. The van der Waals surface area contributed by atoms with Gasteiger partial charge in [-0.15, -0.1) is 0 Å². The molecule has 8 heteroatoms. The van der Waals surface area contributed by atoms with Crippen LogP contribution in [0, 0.1) is 0 Å². The Morgan fingerprint density at radius 1 is 1.12 bits per heavy atom. The van der Waals surface area contributed by atoms with Crippen LogP contribution in [-0.4, -0.2) is 44.9 Å². The lowest BCUT2D eigenvalue weighted by molar-refractivity contribution is -0.122. The van der Waals surface area contributed by atoms with Crippen LogP contribution in [0.2, 0.25) is 0 Å². The van der Waals surface area contributed by atoms with Crippen LogP contribution in [0.25, 0.3) is 0 Å². The Morgan fingerprint density at radius 2 is 1.78 bits per heavy atom. The van der Waals surface area contributed by atoms with Crippen molar-refractivity contribution < 1.29 is 19.1 Å². The van der Waals surface area contributed by atoms with Gasteiger partial charge in [0.05, 0.1) is 12.2 Å². The van der Waals surface area contributed by atoms with Gasteiger partial charge in [-0.25, -0.2) is 4.79 Å². The molecule has 0 bridgehead atoms. The molecule has 1 N–H and O–H groups in total. The minimum absolute atomic E-state index is 0.280. The number of hydrogen-bond acceptors (Lipinski definition) is 5. The van der Waals surface area contributed by atoms with Crippen molar-refractivity contribution in [2.45, 2.75) is 72.1 Å². The van der Waals surface area contributed by atoms with Crippen molar-refractivity contribution >= 4 is 17.8 Å². The third kappa shape index (κ3) is 5.60. The van der Waals surface area contributed by atoms with Crippen molar-refractivity contribution in [1.82, 2.24) is 14.7 Å². The zero-order valence-electron chi connectivity index (χ0n) is 20.1. The highest BCUT2D eigenvalue weighted by Crippen LogP contribution is 2.27. The van der Waals surface area contributed by atoms with Gasteiger partial charge in [-0.2, -0.15) is 5.10 Å². The van der Waals surface area contributed by atoms with Gasteiger partial charge >= 0.3 is 6.09 Å². The van der Waals surface area contributed by atoms with E-state index in [1.807, 2.05) is 45.0 Å². The molecule has 0 saturated heterocycles. The largest absolute Gasteiger partial charge is 0.481 e. The standard InChI is InChI=1S/C24H34N4O4/c1-15(2)17-8-10-18(11-9-17)31-16(3)22(29)25-21-19-14-28(23(30)32-24(4,5)6)13-12-20(19)26-27(21)7/h8-11,15-16H,12-14H2,1-7H3,(H,25,29). The molecule has 0 aliphatic carbocycles. The predicted molar refractivity (Wildman–Crippen MR) is 123 cm³/mol. The van der Waals surface area contributed by atoms with Crippen molar-refractivity contribution in [3.05, 3.63) is 41.1 Å². The minimum Gasteiger partial charge on any atom is -0.481 e. The van der Waals surface area contributed by atoms with Crippen molar-refractivity contribution in [1.29, 1.82) is 0 Å². The monoisotopic (exact) mass is 442 g/mol. The topological polar surface area (TPSA) is 85.7 Å². The molecule has 1 aromatic heterocycles. The highest BCUT2D eigenvalue weighted by Gasteiger charge is 2.30. The highest BCUT2D eigenvalue weighted by molar-refractivity contribution is 5.94. The van der Waals surface area contributed by atoms with Crippen molar-refractivity contribution in [3.8, 4) is 5.75 Å². The molecular weight excluding hydrogens is 408 g/mol. The molecule has 2 aromatic rings. The Balaban J connectivity index is 1.68. The zero-order chi connectivity index (χ0) is 23.6. The number of fused-ring (bicyclic) bond motifs is 1. The maximum atomic E-state index is 12.8. The van der Waals surface area contributed by atoms with Crippen LogP contribution in [0.15, 0.2) is 24.3 Å². The van der Waals surface area contributed by atoms with Gasteiger partial charge in [-0.1, -0.05) is 26.0 Å². The number of nitrogens with one attached hydrogen (secondary N) is 1. The number of benzene rings is 1. The van der Waals surface area contributed by atoms with E-state index in [9.17, 15) is 9.59 Å². The van der Waals surface area contributed by atoms with Crippen molar-refractivity contribution in [2.75, 3.05) is 11.9 Å². The van der Waals surface area contributed by atoms with Crippen LogP contribution in [0.5, 0.6) is 5.75 Å². The number of ether oxygens (including phenoxy) is 2. The lowest BCUT2D eigenvalue weighted by atomic mass is 10.0. The van der Waals surface area contributed by atoms with Crippen molar-refractivity contribution in [2.24, 2.45) is 7.05 Å². The number of hydrogen-bond donors (Lipinski definition) is 1. The Bertz CT molecular complexity index is 973. The summed E-state index contributed by atoms with van der Waals surface area (Å²) in [6.45, 7) is 12.4. The first-order chi connectivity index (χ1) is 14.9. The highest BCUT2D eigenvalue weighted by atomic mass is 16.6. The number of anilines is 1. The molecule has 1 unspecified atom stereocenters. The second-order valence-electron chi connectivity index (χ2n) is 9.52. The Labute approximate surface area is 189 Å². The number of rotatable bonds is 5. The lowest BCUT2D eigenvalue weighted by Crippen LogP contribution is -2.40. The van der Waals surface area contributed by atoms with E-state index in [0.717, 1.165) is 11.3 Å². The molecule has 32 heavy (non-hydrogen) atoms. The van der Waals surface area contributed by atoms with E-state index in [1.165, 1.54) is 5.56 Å². The molecular formula is C24H34N4O4. The van der Waals surface area contributed by atoms with Crippen molar-refractivity contribution in [3.63, 3.8) is 0 Å². The Morgan fingerprint density at radius 3 is 2.38 bits per heavy atom. The lowest BCUT2D eigenvalue weighted by Gasteiger charge is -2.30. The third-order valence-corrected chi connectivity index (χ3v) is 5.32. The van der Waals surface area contributed by atoms with Gasteiger partial charge in [0.15, 0.2) is 6.10 Å². The summed E-state index contributed by atoms with van der Waals surface area (Å²) in [4.78, 5) is 27.0. The van der Waals surface area contributed by atoms with Gasteiger partial charge in [-0.05, 0) is 51.3 Å². The summed E-state index contributed by atoms with van der Waals surface area (Å²) in [6.07, 6.45) is -0.464. The maximum absolute atomic E-state index is 12.8. The number of nitrogens with zero attached hydrogens (tertiary/aromatic N) is 3. The first kappa shape index (κ1) is 23.6. The summed E-state index contributed by atoms with van der Waals surface area (Å²) in [5.41, 5.74) is 2.35. The molecule has 1 atom stereocenters. The predicted octanol–water partition coefficient (Wildman–Crippen LogP) is 4.24. The van der Waals surface area contributed by atoms with E-state index < -0.39 is 11.7 Å². The van der Waals surface area contributed by atoms with Gasteiger partial charge in [0.1, 0.15) is 17.2 Å². The first-order valence-electron chi connectivity index (χ1n) is 11.0. The van der Waals surface area contributed by atoms with E-state index >= 15 is 0 Å². The van der Waals surface area contributed by atoms with Crippen LogP contribution >= 0.6 is 0 Å². The normalized spacial score (nSPS) is 14.7. The summed E-state index contributed by atoms with van der Waals surface area (Å²) >= 11 is 0. The van der Waals surface area contributed by atoms with E-state index in [2.05, 4.69) is 24.3 Å². The first-order valence-corrected chi connectivity index (χ1v) is 11.0. The number of amides is 2. The smallest absolute Gasteiger partial charge is 0.410 e. The minimum atomic E-state index is -0.698. The quantitative estimate of drug-likeness (QED) is 0.748. The van der Waals surface area contributed by atoms with Gasteiger partial charge in [-0.3, -0.25) is 9.48 Å². The molecule has 174 valence electrons. The van der Waals surface area contributed by atoms with Crippen LogP contribution in [-0.2, 0) is 29.5 Å². The molecule has 2 heterocycles. The van der Waals surface area contributed by atoms with Gasteiger partial charge in [0, 0.05) is 25.6 Å². The molecule has 0 radical (unpaired) electrons. The van der Waals surface area contributed by atoms with E-state index in [4.69, 9.17) is 9.47 Å². The molecule has 0 saturated carbocycles. The summed E-state index contributed by atoms with van der Waals surface area (Å²) in [7, 11) is 1.78. The molecule has 3 rings (SSSR count). The summed E-state index contributed by atoms with van der Waals surface area (Å²) < 4.78 is 13.0. The summed E-state index contributed by atoms with van der Waals surface area (Å²) in [6, 6.07) is 7.77. The summed E-state index contributed by atoms with van der Waals surface area (Å²) in [5, 5.41) is 7.46. The number of carbonyl (C=O) groups is 2. The molecule has 8 nitrogen and oxygen atoms in total. The molecule has 2 amide bonds. The number of aromatic nitrogens is 2. The molecule has 1 aromatic carbocycles. The second-order valence-corrected chi connectivity index (χ2v) is 9.52. The zero-order valence-corrected chi connectivity index (χ0v) is 20.1. The average molecular weight is 443 g/mol. The fraction of sp³-hybridized carbons (Fsp3) is 0.542. The van der Waals surface area contributed by atoms with E-state index in [1.54, 1.807) is 23.6 Å². The van der Waals surface area contributed by atoms with Gasteiger partial charge in [0.25, 0.3) is 5.91 Å². The Kier molecular flexibility index (Phi) is 6.81. The van der Waals surface area contributed by atoms with Crippen LogP contribution in [0.4, 0.5) is 10.6 Å². The summed E-state index contributed by atoms with van der Waals surface area (Å²) in [5.74, 6) is 1.36. The Hall–Kier alpha value is -3.03. The van der Waals surface area contributed by atoms with E-state index in [0.29, 0.717) is 37.0 Å². The molecule has 1 aliphatic heterocycles. The van der Waals surface area contributed by atoms with Crippen LogP contribution < -0.4 is 10.1 Å². The van der Waals surface area contributed by atoms with E-state index in [-0.39, 0.29) is 12.0 Å². The van der Waals surface area contributed by atoms with Gasteiger partial charge < -0.3 is 19.7 Å². The van der Waals surface area contributed by atoms with Crippen LogP contribution in [0.1, 0.15) is 64.3 Å². The number of aryl methyl sites for hydroxylation is 1. The average Bonchev–Trinajstić information content (AvgIpc) is 3.01. The number of carbonyl (C=O) groups excluding carboxylic acids is 2.